The van der Waals surface area contributed by atoms with Gasteiger partial charge in [0.2, 0.25) is 0 Å². The second kappa shape index (κ2) is 7.64. The van der Waals surface area contributed by atoms with E-state index in [2.05, 4.69) is 0 Å². The maximum atomic E-state index is 12.8. The number of methoxy groups -OCH3 is 1. The summed E-state index contributed by atoms with van der Waals surface area (Å²) < 4.78 is 5.10. The smallest absolute Gasteiger partial charge is 0.259 e. The van der Waals surface area contributed by atoms with Crippen molar-refractivity contribution in [1.29, 1.82) is 0 Å². The molecule has 4 nitrogen and oxygen atoms in total. The molecule has 0 aliphatic carbocycles. The van der Waals surface area contributed by atoms with Gasteiger partial charge in [0.05, 0.1) is 12.3 Å². The summed E-state index contributed by atoms with van der Waals surface area (Å²) in [6.07, 6.45) is 0. The molecule has 1 aliphatic rings. The molecule has 0 bridgehead atoms. The molecule has 0 unspecified atom stereocenters. The predicted molar refractivity (Wildman–Crippen MR) is 98.9 cm³/mol. The quantitative estimate of drug-likeness (QED) is 0.844. The lowest BCUT2D eigenvalue weighted by Crippen LogP contribution is -2.31. The van der Waals surface area contributed by atoms with Crippen molar-refractivity contribution in [1.82, 2.24) is 4.90 Å². The number of amidine groups is 1. The maximum absolute atomic E-state index is 12.8. The summed E-state index contributed by atoms with van der Waals surface area (Å²) in [7, 11) is 1.66. The fourth-order valence-electron chi connectivity index (χ4n) is 2.54. The maximum Gasteiger partial charge on any atom is 0.259 e. The Bertz CT molecular complexity index is 756. The van der Waals surface area contributed by atoms with E-state index in [0.717, 1.165) is 27.7 Å². The van der Waals surface area contributed by atoms with Crippen LogP contribution >= 0.6 is 11.8 Å². The van der Waals surface area contributed by atoms with Crippen LogP contribution in [0.1, 0.15) is 21.5 Å². The molecule has 0 radical (unpaired) electrons. The van der Waals surface area contributed by atoms with E-state index in [4.69, 9.17) is 9.73 Å². The van der Waals surface area contributed by atoms with Gasteiger partial charge in [-0.15, -0.1) is 0 Å². The number of aryl methyl sites for hydroxylation is 1. The van der Waals surface area contributed by atoms with Crippen molar-refractivity contribution in [2.75, 3.05) is 19.4 Å². The lowest BCUT2D eigenvalue weighted by molar-refractivity contribution is 0.0859. The minimum Gasteiger partial charge on any atom is -0.380 e. The van der Waals surface area contributed by atoms with Crippen LogP contribution < -0.4 is 0 Å². The number of para-hydroxylation sites is 1. The highest BCUT2D eigenvalue weighted by molar-refractivity contribution is 8.14. The predicted octanol–water partition coefficient (Wildman–Crippen LogP) is 4.02. The summed E-state index contributed by atoms with van der Waals surface area (Å²) in [5.74, 6) is 0.870. The number of carbonyl (C=O) groups excluding carboxylic acids is 1. The Morgan fingerprint density at radius 2 is 1.96 bits per heavy atom. The highest BCUT2D eigenvalue weighted by Gasteiger charge is 2.26. The van der Waals surface area contributed by atoms with Gasteiger partial charge in [0.25, 0.3) is 5.91 Å². The van der Waals surface area contributed by atoms with Gasteiger partial charge in [0, 0.05) is 25.0 Å². The topological polar surface area (TPSA) is 41.9 Å². The Labute approximate surface area is 146 Å². The number of amides is 1. The Kier molecular flexibility index (Phi) is 5.33. The van der Waals surface area contributed by atoms with Crippen molar-refractivity contribution >= 4 is 28.5 Å². The molecule has 2 aromatic carbocycles. The van der Waals surface area contributed by atoms with Gasteiger partial charge in [-0.25, -0.2) is 4.99 Å². The number of ether oxygens (including phenoxy) is 1. The Hall–Kier alpha value is -2.11. The van der Waals surface area contributed by atoms with Crippen molar-refractivity contribution in [3.63, 3.8) is 0 Å². The summed E-state index contributed by atoms with van der Waals surface area (Å²) in [5.41, 5.74) is 3.75. The molecule has 0 N–H and O–H groups in total. The average Bonchev–Trinajstić information content (AvgIpc) is 3.05. The summed E-state index contributed by atoms with van der Waals surface area (Å²) in [6.45, 7) is 3.27. The van der Waals surface area contributed by atoms with Crippen LogP contribution in [0.2, 0.25) is 0 Å². The lowest BCUT2D eigenvalue weighted by Gasteiger charge is -2.16. The fourth-order valence-corrected chi connectivity index (χ4v) is 3.49. The zero-order chi connectivity index (χ0) is 16.9. The molecule has 1 amide bonds. The minimum absolute atomic E-state index is 0.00342. The molecule has 0 saturated carbocycles. The molecule has 1 saturated heterocycles. The minimum atomic E-state index is -0.00342. The number of nitrogens with zero attached hydrogens (tertiary/aromatic N) is 2. The number of benzene rings is 2. The summed E-state index contributed by atoms with van der Waals surface area (Å²) in [6, 6.07) is 15.5. The number of hydrogen-bond acceptors (Lipinski definition) is 4. The van der Waals surface area contributed by atoms with Crippen LogP contribution in [0.3, 0.4) is 0 Å². The Morgan fingerprint density at radius 3 is 2.67 bits per heavy atom. The van der Waals surface area contributed by atoms with Crippen LogP contribution in [0.15, 0.2) is 53.5 Å². The molecule has 124 valence electrons. The van der Waals surface area contributed by atoms with Crippen molar-refractivity contribution in [3.8, 4) is 0 Å². The van der Waals surface area contributed by atoms with Gasteiger partial charge in [-0.05, 0) is 36.2 Å². The number of rotatable bonds is 4. The molecule has 0 atom stereocenters. The third-order valence-corrected chi connectivity index (χ3v) is 4.82. The normalized spacial score (nSPS) is 15.9. The van der Waals surface area contributed by atoms with Gasteiger partial charge in [-0.3, -0.25) is 9.69 Å². The van der Waals surface area contributed by atoms with Crippen LogP contribution in [-0.4, -0.2) is 35.4 Å². The molecule has 1 aliphatic heterocycles. The molecular formula is C19H20N2O2S. The van der Waals surface area contributed by atoms with Crippen LogP contribution in [0.25, 0.3) is 0 Å². The van der Waals surface area contributed by atoms with Gasteiger partial charge < -0.3 is 4.74 Å². The first-order chi connectivity index (χ1) is 11.7. The standard InChI is InChI=1S/C19H20N2O2S/c1-14-5-3-4-6-17(14)20-19-21(11-12-24-19)18(22)16-9-7-15(8-10-16)13-23-2/h3-10H,11-13H2,1-2H3. The van der Waals surface area contributed by atoms with Gasteiger partial charge in [0.15, 0.2) is 5.17 Å². The molecular weight excluding hydrogens is 320 g/mol. The zero-order valence-electron chi connectivity index (χ0n) is 13.9. The third-order valence-electron chi connectivity index (χ3n) is 3.87. The molecule has 1 heterocycles. The second-order valence-electron chi connectivity index (χ2n) is 5.62. The fraction of sp³-hybridized carbons (Fsp3) is 0.263. The summed E-state index contributed by atoms with van der Waals surface area (Å²) in [5, 5.41) is 0.773. The average molecular weight is 340 g/mol. The molecule has 5 heteroatoms. The van der Waals surface area contributed by atoms with E-state index in [0.29, 0.717) is 18.7 Å². The molecule has 0 aromatic heterocycles. The molecule has 24 heavy (non-hydrogen) atoms. The Morgan fingerprint density at radius 1 is 1.21 bits per heavy atom. The van der Waals surface area contributed by atoms with Crippen molar-refractivity contribution in [3.05, 3.63) is 65.2 Å². The number of carbonyl (C=O) groups is 1. The first kappa shape index (κ1) is 16.7. The van der Waals surface area contributed by atoms with E-state index in [1.165, 1.54) is 0 Å². The van der Waals surface area contributed by atoms with Gasteiger partial charge in [-0.2, -0.15) is 0 Å². The highest BCUT2D eigenvalue weighted by atomic mass is 32.2. The Balaban J connectivity index is 1.82. The number of hydrogen-bond donors (Lipinski definition) is 0. The lowest BCUT2D eigenvalue weighted by atomic mass is 10.1. The van der Waals surface area contributed by atoms with E-state index >= 15 is 0 Å². The first-order valence-corrected chi connectivity index (χ1v) is 8.84. The van der Waals surface area contributed by atoms with E-state index in [1.54, 1.807) is 23.8 Å². The molecule has 0 spiro atoms. The van der Waals surface area contributed by atoms with Crippen molar-refractivity contribution in [2.45, 2.75) is 13.5 Å². The number of thioether (sulfide) groups is 1. The summed E-state index contributed by atoms with van der Waals surface area (Å²) >= 11 is 1.62. The second-order valence-corrected chi connectivity index (χ2v) is 6.68. The zero-order valence-corrected chi connectivity index (χ0v) is 14.7. The highest BCUT2D eigenvalue weighted by Crippen LogP contribution is 2.26. The first-order valence-electron chi connectivity index (χ1n) is 7.86. The van der Waals surface area contributed by atoms with Gasteiger partial charge in [0.1, 0.15) is 0 Å². The third kappa shape index (κ3) is 3.68. The monoisotopic (exact) mass is 340 g/mol. The SMILES string of the molecule is COCc1ccc(C(=O)N2CCSC2=Nc2ccccc2C)cc1. The number of aliphatic imine (C=N–C) groups is 1. The van der Waals surface area contributed by atoms with E-state index < -0.39 is 0 Å². The van der Waals surface area contributed by atoms with Crippen LogP contribution in [-0.2, 0) is 11.3 Å². The van der Waals surface area contributed by atoms with Crippen LogP contribution in [0.5, 0.6) is 0 Å². The van der Waals surface area contributed by atoms with Crippen LogP contribution in [0.4, 0.5) is 5.69 Å². The molecule has 3 rings (SSSR count). The van der Waals surface area contributed by atoms with Crippen molar-refractivity contribution < 1.29 is 9.53 Å². The molecule has 1 fully saturated rings. The van der Waals surface area contributed by atoms with Gasteiger partial charge >= 0.3 is 0 Å². The van der Waals surface area contributed by atoms with E-state index in [1.807, 2.05) is 55.5 Å². The van der Waals surface area contributed by atoms with Crippen LogP contribution in [0, 0.1) is 6.92 Å². The van der Waals surface area contributed by atoms with E-state index in [9.17, 15) is 4.79 Å². The molecule has 2 aromatic rings. The largest absolute Gasteiger partial charge is 0.380 e. The summed E-state index contributed by atoms with van der Waals surface area (Å²) in [4.78, 5) is 19.3. The van der Waals surface area contributed by atoms with Crippen molar-refractivity contribution in [2.24, 2.45) is 4.99 Å². The van der Waals surface area contributed by atoms with Gasteiger partial charge in [-0.1, -0.05) is 42.1 Å². The van der Waals surface area contributed by atoms with E-state index in [-0.39, 0.29) is 5.91 Å².